The zero-order valence-electron chi connectivity index (χ0n) is 11.0. The maximum atomic E-state index is 12.1. The van der Waals surface area contributed by atoms with E-state index in [0.29, 0.717) is 11.4 Å². The van der Waals surface area contributed by atoms with Gasteiger partial charge in [-0.2, -0.15) is 5.10 Å². The van der Waals surface area contributed by atoms with Crippen LogP contribution in [0.2, 0.25) is 0 Å². The Morgan fingerprint density at radius 3 is 3.00 bits per heavy atom. The Kier molecular flexibility index (Phi) is 3.79. The number of H-pyrrole nitrogens is 1. The summed E-state index contributed by atoms with van der Waals surface area (Å²) in [5.74, 6) is -0.314. The minimum Gasteiger partial charge on any atom is -0.395 e. The van der Waals surface area contributed by atoms with Crippen LogP contribution >= 0.6 is 0 Å². The van der Waals surface area contributed by atoms with Crippen molar-refractivity contribution >= 4 is 17.3 Å². The number of amides is 1. The Labute approximate surface area is 111 Å². The third-order valence-electron chi connectivity index (χ3n) is 2.87. The van der Waals surface area contributed by atoms with Crippen LogP contribution in [0.15, 0.2) is 18.5 Å². The minimum atomic E-state index is -0.314. The molecule has 0 aliphatic carbocycles. The van der Waals surface area contributed by atoms with Crippen LogP contribution in [0.5, 0.6) is 0 Å². The van der Waals surface area contributed by atoms with Gasteiger partial charge in [-0.3, -0.25) is 14.9 Å². The summed E-state index contributed by atoms with van der Waals surface area (Å²) in [4.78, 5) is 16.1. The Morgan fingerprint density at radius 2 is 2.32 bits per heavy atom. The van der Waals surface area contributed by atoms with Crippen molar-refractivity contribution in [3.63, 3.8) is 0 Å². The van der Waals surface area contributed by atoms with Gasteiger partial charge in [-0.15, -0.1) is 0 Å². The first-order valence-corrected chi connectivity index (χ1v) is 6.18. The number of nitrogens with zero attached hydrogens (tertiary/aromatic N) is 2. The lowest BCUT2D eigenvalue weighted by molar-refractivity contribution is 0.102. The predicted molar refractivity (Wildman–Crippen MR) is 73.9 cm³/mol. The van der Waals surface area contributed by atoms with E-state index < -0.39 is 0 Å². The fraction of sp³-hybridized carbons (Fsp3) is 0.308. The van der Waals surface area contributed by atoms with Crippen LogP contribution in [0.25, 0.3) is 0 Å². The highest BCUT2D eigenvalue weighted by molar-refractivity contribution is 6.06. The number of hydrogen-bond acceptors (Lipinski definition) is 4. The SMILES string of the molecule is CCCc1[nH]nc(C(=O)Nc2ccncc2C)c1N. The fourth-order valence-electron chi connectivity index (χ4n) is 1.80. The van der Waals surface area contributed by atoms with Crippen molar-refractivity contribution in [1.82, 2.24) is 15.2 Å². The molecule has 2 aromatic heterocycles. The molecule has 1 amide bonds. The van der Waals surface area contributed by atoms with Crippen LogP contribution in [0, 0.1) is 6.92 Å². The molecule has 19 heavy (non-hydrogen) atoms. The van der Waals surface area contributed by atoms with E-state index in [1.54, 1.807) is 18.5 Å². The van der Waals surface area contributed by atoms with Crippen LogP contribution in [0.1, 0.15) is 35.1 Å². The van der Waals surface area contributed by atoms with Crippen molar-refractivity contribution in [2.45, 2.75) is 26.7 Å². The molecule has 100 valence electrons. The molecule has 0 bridgehead atoms. The van der Waals surface area contributed by atoms with Gasteiger partial charge >= 0.3 is 0 Å². The number of anilines is 2. The van der Waals surface area contributed by atoms with Gasteiger partial charge in [0, 0.05) is 18.1 Å². The zero-order chi connectivity index (χ0) is 13.8. The topological polar surface area (TPSA) is 96.7 Å². The lowest BCUT2D eigenvalue weighted by Crippen LogP contribution is -2.15. The molecule has 0 fully saturated rings. The molecule has 0 aliphatic heterocycles. The molecule has 2 aromatic rings. The van der Waals surface area contributed by atoms with Crippen molar-refractivity contribution in [2.24, 2.45) is 0 Å². The van der Waals surface area contributed by atoms with E-state index in [1.165, 1.54) is 0 Å². The quantitative estimate of drug-likeness (QED) is 0.781. The summed E-state index contributed by atoms with van der Waals surface area (Å²) < 4.78 is 0. The molecule has 0 aliphatic rings. The number of nitrogens with one attached hydrogen (secondary N) is 2. The largest absolute Gasteiger partial charge is 0.395 e. The average Bonchev–Trinajstić information content (AvgIpc) is 2.75. The number of aromatic nitrogens is 3. The Balaban J connectivity index is 2.19. The van der Waals surface area contributed by atoms with Gasteiger partial charge in [0.1, 0.15) is 0 Å². The standard InChI is InChI=1S/C13H17N5O/c1-3-4-10-11(14)12(18-17-10)13(19)16-9-5-6-15-7-8(9)2/h5-7H,3-4,14H2,1-2H3,(H,17,18)(H,15,16,19). The highest BCUT2D eigenvalue weighted by atomic mass is 16.2. The molecule has 2 rings (SSSR count). The van der Waals surface area contributed by atoms with Crippen molar-refractivity contribution in [3.8, 4) is 0 Å². The number of pyridine rings is 1. The first-order chi connectivity index (χ1) is 9.13. The smallest absolute Gasteiger partial charge is 0.278 e. The molecule has 0 unspecified atom stereocenters. The van der Waals surface area contributed by atoms with E-state index >= 15 is 0 Å². The number of nitrogen functional groups attached to an aromatic ring is 1. The maximum absolute atomic E-state index is 12.1. The number of carbonyl (C=O) groups is 1. The first-order valence-electron chi connectivity index (χ1n) is 6.18. The van der Waals surface area contributed by atoms with Crippen LogP contribution in [-0.4, -0.2) is 21.1 Å². The van der Waals surface area contributed by atoms with Crippen LogP contribution in [0.3, 0.4) is 0 Å². The summed E-state index contributed by atoms with van der Waals surface area (Å²) >= 11 is 0. The summed E-state index contributed by atoms with van der Waals surface area (Å²) in [5.41, 5.74) is 8.97. The summed E-state index contributed by atoms with van der Waals surface area (Å²) in [7, 11) is 0. The second kappa shape index (κ2) is 5.51. The summed E-state index contributed by atoms with van der Waals surface area (Å²) in [5, 5.41) is 9.57. The van der Waals surface area contributed by atoms with Gasteiger partial charge in [-0.1, -0.05) is 13.3 Å². The van der Waals surface area contributed by atoms with Crippen LogP contribution < -0.4 is 11.1 Å². The van der Waals surface area contributed by atoms with Gasteiger partial charge in [-0.25, -0.2) is 0 Å². The van der Waals surface area contributed by atoms with Gasteiger partial charge < -0.3 is 11.1 Å². The lowest BCUT2D eigenvalue weighted by atomic mass is 10.2. The van der Waals surface area contributed by atoms with Gasteiger partial charge in [0.25, 0.3) is 5.91 Å². The average molecular weight is 259 g/mol. The number of carbonyl (C=O) groups excluding carboxylic acids is 1. The van der Waals surface area contributed by atoms with Crippen molar-refractivity contribution in [2.75, 3.05) is 11.1 Å². The number of nitrogens with two attached hydrogens (primary N) is 1. The molecule has 4 N–H and O–H groups in total. The summed E-state index contributed by atoms with van der Waals surface area (Å²) in [6.07, 6.45) is 5.03. The fourth-order valence-corrected chi connectivity index (χ4v) is 1.80. The first kappa shape index (κ1) is 13.1. The molecule has 0 saturated heterocycles. The van der Waals surface area contributed by atoms with Crippen LogP contribution in [0.4, 0.5) is 11.4 Å². The van der Waals surface area contributed by atoms with E-state index in [1.807, 2.05) is 13.8 Å². The van der Waals surface area contributed by atoms with Gasteiger partial charge in [0.15, 0.2) is 5.69 Å². The molecular weight excluding hydrogens is 242 g/mol. The van der Waals surface area contributed by atoms with Gasteiger partial charge in [-0.05, 0) is 25.0 Å². The molecule has 2 heterocycles. The Morgan fingerprint density at radius 1 is 1.53 bits per heavy atom. The van der Waals surface area contributed by atoms with Crippen molar-refractivity contribution in [1.29, 1.82) is 0 Å². The molecule has 0 atom stereocenters. The second-order valence-electron chi connectivity index (χ2n) is 4.36. The second-order valence-corrected chi connectivity index (χ2v) is 4.36. The lowest BCUT2D eigenvalue weighted by Gasteiger charge is -2.06. The third kappa shape index (κ3) is 2.73. The number of aryl methyl sites for hydroxylation is 2. The highest BCUT2D eigenvalue weighted by Gasteiger charge is 2.17. The number of aromatic amines is 1. The zero-order valence-corrected chi connectivity index (χ0v) is 11.0. The molecular formula is C13H17N5O. The monoisotopic (exact) mass is 259 g/mol. The molecule has 0 saturated carbocycles. The van der Waals surface area contributed by atoms with Gasteiger partial charge in [0.2, 0.25) is 0 Å². The highest BCUT2D eigenvalue weighted by Crippen LogP contribution is 2.18. The minimum absolute atomic E-state index is 0.236. The predicted octanol–water partition coefficient (Wildman–Crippen LogP) is 1.90. The molecule has 0 aromatic carbocycles. The summed E-state index contributed by atoms with van der Waals surface area (Å²) in [6.45, 7) is 3.92. The molecule has 0 radical (unpaired) electrons. The number of rotatable bonds is 4. The Bertz CT molecular complexity index is 590. The number of hydrogen-bond donors (Lipinski definition) is 3. The van der Waals surface area contributed by atoms with Crippen LogP contribution in [-0.2, 0) is 6.42 Å². The van der Waals surface area contributed by atoms with Gasteiger partial charge in [0.05, 0.1) is 11.4 Å². The molecule has 6 nitrogen and oxygen atoms in total. The Hall–Kier alpha value is -2.37. The normalized spacial score (nSPS) is 10.4. The van der Waals surface area contributed by atoms with E-state index in [0.717, 1.165) is 24.1 Å². The van der Waals surface area contributed by atoms with E-state index in [9.17, 15) is 4.79 Å². The third-order valence-corrected chi connectivity index (χ3v) is 2.87. The molecule has 0 spiro atoms. The van der Waals surface area contributed by atoms with E-state index in [-0.39, 0.29) is 11.6 Å². The maximum Gasteiger partial charge on any atom is 0.278 e. The van der Waals surface area contributed by atoms with E-state index in [2.05, 4.69) is 20.5 Å². The molecule has 6 heteroatoms. The summed E-state index contributed by atoms with van der Waals surface area (Å²) in [6, 6.07) is 1.74. The van der Waals surface area contributed by atoms with Crippen molar-refractivity contribution in [3.05, 3.63) is 35.4 Å². The van der Waals surface area contributed by atoms with Crippen molar-refractivity contribution < 1.29 is 4.79 Å². The van der Waals surface area contributed by atoms with E-state index in [4.69, 9.17) is 5.73 Å².